The smallest absolute Gasteiger partial charge is 0.226 e. The Kier molecular flexibility index (Phi) is 3.65. The Morgan fingerprint density at radius 1 is 1.32 bits per heavy atom. The van der Waals surface area contributed by atoms with E-state index in [2.05, 4.69) is 24.4 Å². The second-order valence-corrected chi connectivity index (χ2v) is 7.29. The summed E-state index contributed by atoms with van der Waals surface area (Å²) in [6, 6.07) is 8.19. The van der Waals surface area contributed by atoms with E-state index in [9.17, 15) is 4.79 Å². The highest BCUT2D eigenvalue weighted by Crippen LogP contribution is 2.52. The number of nitrogens with one attached hydrogen (secondary N) is 1. The summed E-state index contributed by atoms with van der Waals surface area (Å²) < 4.78 is 0. The molecule has 1 aromatic rings. The maximum atomic E-state index is 12.4. The van der Waals surface area contributed by atoms with Crippen molar-refractivity contribution in [1.82, 2.24) is 5.32 Å². The second kappa shape index (κ2) is 4.82. The largest absolute Gasteiger partial charge is 0.349 e. The van der Waals surface area contributed by atoms with Crippen molar-refractivity contribution in [3.63, 3.8) is 0 Å². The molecule has 1 aliphatic rings. The van der Waals surface area contributed by atoms with E-state index in [1.54, 1.807) is 0 Å². The van der Waals surface area contributed by atoms with Crippen molar-refractivity contribution >= 4 is 17.5 Å². The fourth-order valence-electron chi connectivity index (χ4n) is 3.26. The number of aryl methyl sites for hydroxylation is 1. The van der Waals surface area contributed by atoms with E-state index >= 15 is 0 Å². The molecule has 0 spiro atoms. The van der Waals surface area contributed by atoms with Crippen molar-refractivity contribution in [1.29, 1.82) is 0 Å². The van der Waals surface area contributed by atoms with Crippen LogP contribution in [0.5, 0.6) is 0 Å². The van der Waals surface area contributed by atoms with Gasteiger partial charge in [0.05, 0.1) is 6.04 Å². The lowest BCUT2D eigenvalue weighted by Gasteiger charge is -2.48. The molecule has 0 saturated heterocycles. The normalized spacial score (nSPS) is 31.4. The van der Waals surface area contributed by atoms with Gasteiger partial charge in [0.2, 0.25) is 5.91 Å². The summed E-state index contributed by atoms with van der Waals surface area (Å²) >= 11 is 6.23. The molecule has 1 unspecified atom stereocenters. The molecule has 1 amide bonds. The Bertz CT molecular complexity index is 487. The first kappa shape index (κ1) is 14.4. The molecule has 0 aromatic heterocycles. The molecule has 1 aromatic carbocycles. The first-order chi connectivity index (χ1) is 8.73. The van der Waals surface area contributed by atoms with Crippen molar-refractivity contribution in [2.45, 2.75) is 51.5 Å². The second-order valence-electron chi connectivity index (χ2n) is 6.38. The lowest BCUT2D eigenvalue weighted by molar-refractivity contribution is -0.137. The SMILES string of the molecule is Cc1ccccc1C(C)NC(=O)C1(C)CC(C)(Cl)C1. The Balaban J connectivity index is 2.02. The van der Waals surface area contributed by atoms with Crippen molar-refractivity contribution in [2.24, 2.45) is 5.41 Å². The number of benzene rings is 1. The minimum absolute atomic E-state index is 0.0349. The average molecular weight is 280 g/mol. The van der Waals surface area contributed by atoms with Crippen LogP contribution < -0.4 is 5.32 Å². The highest BCUT2D eigenvalue weighted by atomic mass is 35.5. The number of carbonyl (C=O) groups excluding carboxylic acids is 1. The molecule has 2 nitrogen and oxygen atoms in total. The third-order valence-corrected chi connectivity index (χ3v) is 4.34. The highest BCUT2D eigenvalue weighted by Gasteiger charge is 2.52. The van der Waals surface area contributed by atoms with Crippen molar-refractivity contribution in [3.05, 3.63) is 35.4 Å². The predicted octanol–water partition coefficient (Wildman–Crippen LogP) is 3.97. The van der Waals surface area contributed by atoms with Gasteiger partial charge >= 0.3 is 0 Å². The molecule has 1 atom stereocenters. The van der Waals surface area contributed by atoms with Crippen LogP contribution in [0, 0.1) is 12.3 Å². The lowest BCUT2D eigenvalue weighted by atomic mass is 9.62. The summed E-state index contributed by atoms with van der Waals surface area (Å²) in [5.74, 6) is 0.112. The first-order valence-corrected chi connectivity index (χ1v) is 7.17. The maximum absolute atomic E-state index is 12.4. The van der Waals surface area contributed by atoms with Crippen LogP contribution in [0.25, 0.3) is 0 Å². The van der Waals surface area contributed by atoms with Crippen LogP contribution in [0.1, 0.15) is 50.8 Å². The molecule has 104 valence electrons. The molecule has 2 rings (SSSR count). The summed E-state index contributed by atoms with van der Waals surface area (Å²) in [5, 5.41) is 3.12. The summed E-state index contributed by atoms with van der Waals surface area (Å²) in [7, 11) is 0. The van der Waals surface area contributed by atoms with Crippen LogP contribution >= 0.6 is 11.6 Å². The topological polar surface area (TPSA) is 29.1 Å². The number of alkyl halides is 1. The zero-order valence-corrected chi connectivity index (χ0v) is 12.8. The highest BCUT2D eigenvalue weighted by molar-refractivity contribution is 6.25. The average Bonchev–Trinajstić information content (AvgIpc) is 2.26. The van der Waals surface area contributed by atoms with Gasteiger partial charge in [-0.2, -0.15) is 0 Å². The molecule has 3 heteroatoms. The Morgan fingerprint density at radius 3 is 2.42 bits per heavy atom. The molecule has 0 radical (unpaired) electrons. The van der Waals surface area contributed by atoms with E-state index in [1.807, 2.05) is 32.9 Å². The minimum atomic E-state index is -0.312. The van der Waals surface area contributed by atoms with Crippen LogP contribution in [0.4, 0.5) is 0 Å². The van der Waals surface area contributed by atoms with Crippen molar-refractivity contribution in [3.8, 4) is 0 Å². The molecule has 0 bridgehead atoms. The van der Waals surface area contributed by atoms with E-state index in [-0.39, 0.29) is 22.2 Å². The van der Waals surface area contributed by atoms with Crippen molar-refractivity contribution in [2.75, 3.05) is 0 Å². The quantitative estimate of drug-likeness (QED) is 0.834. The fraction of sp³-hybridized carbons (Fsp3) is 0.562. The lowest BCUT2D eigenvalue weighted by Crippen LogP contribution is -2.53. The number of hydrogen-bond donors (Lipinski definition) is 1. The van der Waals surface area contributed by atoms with Crippen LogP contribution in [0.2, 0.25) is 0 Å². The molecular formula is C16H22ClNO. The molecule has 1 N–H and O–H groups in total. The van der Waals surface area contributed by atoms with Crippen molar-refractivity contribution < 1.29 is 4.79 Å². The molecule has 1 fully saturated rings. The van der Waals surface area contributed by atoms with Gasteiger partial charge in [0.15, 0.2) is 0 Å². The summed E-state index contributed by atoms with van der Waals surface area (Å²) in [6.07, 6.45) is 1.49. The number of amides is 1. The Morgan fingerprint density at radius 2 is 1.89 bits per heavy atom. The molecule has 1 aliphatic carbocycles. The van der Waals surface area contributed by atoms with Crippen LogP contribution in [-0.2, 0) is 4.79 Å². The van der Waals surface area contributed by atoms with Gasteiger partial charge in [0.1, 0.15) is 0 Å². The number of carbonyl (C=O) groups is 1. The third-order valence-electron chi connectivity index (χ3n) is 4.07. The summed E-state index contributed by atoms with van der Waals surface area (Å²) in [4.78, 5) is 12.1. The molecule has 0 aliphatic heterocycles. The summed E-state index contributed by atoms with van der Waals surface area (Å²) in [6.45, 7) is 8.09. The van der Waals surface area contributed by atoms with E-state index in [4.69, 9.17) is 11.6 Å². The summed E-state index contributed by atoms with van der Waals surface area (Å²) in [5.41, 5.74) is 2.07. The number of hydrogen-bond acceptors (Lipinski definition) is 1. The van der Waals surface area contributed by atoms with Gasteiger partial charge in [0.25, 0.3) is 0 Å². The fourth-order valence-corrected chi connectivity index (χ4v) is 3.85. The minimum Gasteiger partial charge on any atom is -0.349 e. The standard InChI is InChI=1S/C16H22ClNO/c1-11-7-5-6-8-13(11)12(2)18-14(19)15(3)9-16(4,17)10-15/h5-8,12H,9-10H2,1-4H3,(H,18,19). The number of rotatable bonds is 3. The molecule has 1 saturated carbocycles. The molecule has 0 heterocycles. The molecular weight excluding hydrogens is 258 g/mol. The van der Waals surface area contributed by atoms with Gasteiger partial charge in [-0.1, -0.05) is 31.2 Å². The van der Waals surface area contributed by atoms with E-state index in [1.165, 1.54) is 11.1 Å². The molecule has 19 heavy (non-hydrogen) atoms. The van der Waals surface area contributed by atoms with Gasteiger partial charge in [-0.25, -0.2) is 0 Å². The predicted molar refractivity (Wildman–Crippen MR) is 79.3 cm³/mol. The maximum Gasteiger partial charge on any atom is 0.226 e. The van der Waals surface area contributed by atoms with E-state index in [0.717, 1.165) is 12.8 Å². The zero-order chi connectivity index (χ0) is 14.3. The zero-order valence-electron chi connectivity index (χ0n) is 12.1. The van der Waals surface area contributed by atoms with Crippen LogP contribution in [-0.4, -0.2) is 10.8 Å². The van der Waals surface area contributed by atoms with Gasteiger partial charge in [0, 0.05) is 10.3 Å². The Labute approximate surface area is 120 Å². The monoisotopic (exact) mass is 279 g/mol. The Hall–Kier alpha value is -1.02. The van der Waals surface area contributed by atoms with E-state index < -0.39 is 0 Å². The van der Waals surface area contributed by atoms with Gasteiger partial charge in [-0.05, 0) is 44.7 Å². The van der Waals surface area contributed by atoms with Gasteiger partial charge < -0.3 is 5.32 Å². The first-order valence-electron chi connectivity index (χ1n) is 6.79. The number of halogens is 1. The van der Waals surface area contributed by atoms with Crippen LogP contribution in [0.3, 0.4) is 0 Å². The van der Waals surface area contributed by atoms with Crippen LogP contribution in [0.15, 0.2) is 24.3 Å². The van der Waals surface area contributed by atoms with Gasteiger partial charge in [-0.3, -0.25) is 4.79 Å². The van der Waals surface area contributed by atoms with E-state index in [0.29, 0.717) is 0 Å². The third kappa shape index (κ3) is 2.94. The van der Waals surface area contributed by atoms with Gasteiger partial charge in [-0.15, -0.1) is 11.6 Å².